The minimum atomic E-state index is -4.86. The van der Waals surface area contributed by atoms with Gasteiger partial charge in [-0.05, 0) is 12.1 Å². The normalized spacial score (nSPS) is 12.1. The Morgan fingerprint density at radius 3 is 1.40 bits per heavy atom. The molecule has 1 rings (SSSR count). The molecule has 0 amide bonds. The van der Waals surface area contributed by atoms with E-state index in [1.54, 1.807) is 0 Å². The highest BCUT2D eigenvalue weighted by Gasteiger charge is 2.39. The molecule has 0 aliphatic carbocycles. The fourth-order valence-electron chi connectivity index (χ4n) is 0.474. The van der Waals surface area contributed by atoms with Gasteiger partial charge < -0.3 is 30.3 Å². The summed E-state index contributed by atoms with van der Waals surface area (Å²) in [5.41, 5.74) is 2.10. The third-order valence-corrected chi connectivity index (χ3v) is 4.37. The molecule has 0 saturated heterocycles. The zero-order chi connectivity index (χ0) is 12.1. The summed E-state index contributed by atoms with van der Waals surface area (Å²) in [5.74, 6) is 0. The first-order valence-corrected chi connectivity index (χ1v) is 6.96. The van der Waals surface area contributed by atoms with Crippen LogP contribution in [0.15, 0.2) is 24.5 Å². The molecule has 0 radical (unpaired) electrons. The Bertz CT molecular complexity index is 314. The summed E-state index contributed by atoms with van der Waals surface area (Å²) in [4.78, 5) is 35.3. The Balaban J connectivity index is 0.000000322. The van der Waals surface area contributed by atoms with Crippen LogP contribution in [0, 0.1) is 0 Å². The third-order valence-electron chi connectivity index (χ3n) is 1.19. The highest BCUT2D eigenvalue weighted by molar-refractivity contribution is 7.70. The van der Waals surface area contributed by atoms with Crippen molar-refractivity contribution in [2.24, 2.45) is 5.73 Å². The van der Waals surface area contributed by atoms with Crippen LogP contribution in [-0.4, -0.2) is 30.1 Å². The van der Waals surface area contributed by atoms with Gasteiger partial charge in [0.05, 0.1) is 0 Å². The number of nitrogens with two attached hydrogens (primary N) is 1. The van der Waals surface area contributed by atoms with E-state index in [9.17, 15) is 9.13 Å². The monoisotopic (exact) mass is 258 g/mol. The highest BCUT2D eigenvalue weighted by Crippen LogP contribution is 2.56. The summed E-state index contributed by atoms with van der Waals surface area (Å²) in [5, 5.41) is 0. The van der Waals surface area contributed by atoms with Crippen molar-refractivity contribution < 1.29 is 28.7 Å². The number of H-pyrrole nitrogens is 1. The van der Waals surface area contributed by atoms with Crippen LogP contribution in [0.4, 0.5) is 0 Å². The summed E-state index contributed by atoms with van der Waals surface area (Å²) < 4.78 is 20.1. The van der Waals surface area contributed by atoms with Crippen LogP contribution < -0.4 is 5.73 Å². The van der Waals surface area contributed by atoms with E-state index >= 15 is 0 Å². The van der Waals surface area contributed by atoms with Gasteiger partial charge in [0.15, 0.2) is 0 Å². The molecule has 0 unspecified atom stereocenters. The summed E-state index contributed by atoms with van der Waals surface area (Å²) in [6, 6.07) is 3.89. The van der Waals surface area contributed by atoms with Crippen LogP contribution in [0.3, 0.4) is 0 Å². The van der Waals surface area contributed by atoms with Crippen molar-refractivity contribution in [3.8, 4) is 0 Å². The molecule has 7 N–H and O–H groups in total. The van der Waals surface area contributed by atoms with Gasteiger partial charge in [0.2, 0.25) is 5.52 Å². The first-order chi connectivity index (χ1) is 6.65. The van der Waals surface area contributed by atoms with Crippen LogP contribution in [-0.2, 0) is 9.13 Å². The average Bonchev–Trinajstić information content (AvgIpc) is 2.56. The molecule has 15 heavy (non-hydrogen) atoms. The summed E-state index contributed by atoms with van der Waals surface area (Å²) in [6.07, 6.45) is 3.75. The minimum Gasteiger partial charge on any atom is -0.368 e. The maximum absolute atomic E-state index is 10.1. The SMILES string of the molecule is NC(P(=O)(O)O)P(=O)(O)O.c1cc[nH]c1. The highest BCUT2D eigenvalue weighted by atomic mass is 31.2. The molecule has 0 aromatic carbocycles. The van der Waals surface area contributed by atoms with Crippen molar-refractivity contribution in [2.45, 2.75) is 5.52 Å². The first-order valence-electron chi connectivity index (χ1n) is 3.59. The molecular weight excluding hydrogens is 246 g/mol. The van der Waals surface area contributed by atoms with Gasteiger partial charge in [0.1, 0.15) is 0 Å². The van der Waals surface area contributed by atoms with Crippen molar-refractivity contribution in [3.63, 3.8) is 0 Å². The topological polar surface area (TPSA) is 157 Å². The van der Waals surface area contributed by atoms with Crippen molar-refractivity contribution in [1.29, 1.82) is 0 Å². The van der Waals surface area contributed by atoms with Crippen LogP contribution in [0.5, 0.6) is 0 Å². The van der Waals surface area contributed by atoms with E-state index < -0.39 is 20.7 Å². The van der Waals surface area contributed by atoms with Crippen LogP contribution in [0.2, 0.25) is 0 Å². The van der Waals surface area contributed by atoms with Gasteiger partial charge in [-0.25, -0.2) is 0 Å². The number of nitrogens with one attached hydrogen (secondary N) is 1. The molecule has 1 aromatic heterocycles. The van der Waals surface area contributed by atoms with E-state index in [-0.39, 0.29) is 0 Å². The lowest BCUT2D eigenvalue weighted by molar-refractivity contribution is 0.339. The maximum atomic E-state index is 10.1. The molecule has 1 aromatic rings. The minimum absolute atomic E-state index is 1.88. The first kappa shape index (κ1) is 14.5. The van der Waals surface area contributed by atoms with Gasteiger partial charge in [0, 0.05) is 12.4 Å². The molecule has 88 valence electrons. The summed E-state index contributed by atoms with van der Waals surface area (Å²) in [7, 11) is -9.73. The molecule has 0 spiro atoms. The molecule has 0 aliphatic rings. The summed E-state index contributed by atoms with van der Waals surface area (Å²) in [6.45, 7) is 0. The number of hydrogen-bond acceptors (Lipinski definition) is 3. The Morgan fingerprint density at radius 1 is 1.00 bits per heavy atom. The molecule has 8 nitrogen and oxygen atoms in total. The van der Waals surface area contributed by atoms with Crippen molar-refractivity contribution >= 4 is 15.2 Å². The predicted octanol–water partition coefficient (Wildman–Crippen LogP) is -0.401. The molecule has 1 heterocycles. The van der Waals surface area contributed by atoms with Gasteiger partial charge in [-0.15, -0.1) is 0 Å². The van der Waals surface area contributed by atoms with Crippen LogP contribution in [0.25, 0.3) is 0 Å². The Hall–Kier alpha value is -0.460. The number of aromatic amines is 1. The van der Waals surface area contributed by atoms with E-state index in [4.69, 9.17) is 19.6 Å². The molecular formula is C5H12N2O6P2. The Morgan fingerprint density at radius 2 is 1.33 bits per heavy atom. The van der Waals surface area contributed by atoms with Crippen LogP contribution >= 0.6 is 15.2 Å². The summed E-state index contributed by atoms with van der Waals surface area (Å²) >= 11 is 0. The standard InChI is InChI=1S/C4H5N.CH7NO6P2/c1-2-4-5-3-1;2-1(9(3,4)5)10(6,7)8/h1-5H;1H,2H2,(H2,3,4,5)(H2,6,7,8). The van der Waals surface area contributed by atoms with E-state index in [1.807, 2.05) is 24.5 Å². The smallest absolute Gasteiger partial charge is 0.354 e. The number of rotatable bonds is 2. The van der Waals surface area contributed by atoms with Crippen molar-refractivity contribution in [2.75, 3.05) is 0 Å². The van der Waals surface area contributed by atoms with Crippen molar-refractivity contribution in [1.82, 2.24) is 4.98 Å². The number of aromatic nitrogens is 1. The van der Waals surface area contributed by atoms with Gasteiger partial charge >= 0.3 is 15.2 Å². The quantitative estimate of drug-likeness (QED) is 0.394. The average molecular weight is 258 g/mol. The Kier molecular flexibility index (Phi) is 5.41. The van der Waals surface area contributed by atoms with Crippen LogP contribution in [0.1, 0.15) is 0 Å². The molecule has 0 aliphatic heterocycles. The van der Waals surface area contributed by atoms with Gasteiger partial charge in [-0.3, -0.25) is 9.13 Å². The van der Waals surface area contributed by atoms with E-state index in [0.29, 0.717) is 0 Å². The second kappa shape index (κ2) is 5.58. The maximum Gasteiger partial charge on any atom is 0.354 e. The molecule has 0 atom stereocenters. The molecule has 0 fully saturated rings. The van der Waals surface area contributed by atoms with Gasteiger partial charge in [-0.2, -0.15) is 0 Å². The largest absolute Gasteiger partial charge is 0.368 e. The molecule has 0 saturated carbocycles. The lowest BCUT2D eigenvalue weighted by Gasteiger charge is -2.13. The van der Waals surface area contributed by atoms with Gasteiger partial charge in [0.25, 0.3) is 0 Å². The van der Waals surface area contributed by atoms with E-state index in [1.165, 1.54) is 0 Å². The molecule has 10 heteroatoms. The second-order valence-corrected chi connectivity index (χ2v) is 6.35. The Labute approximate surface area is 85.5 Å². The van der Waals surface area contributed by atoms with Crippen molar-refractivity contribution in [3.05, 3.63) is 24.5 Å². The predicted molar refractivity (Wildman–Crippen MR) is 52.9 cm³/mol. The third kappa shape index (κ3) is 6.59. The fraction of sp³-hybridized carbons (Fsp3) is 0.200. The second-order valence-electron chi connectivity index (χ2n) is 2.48. The molecule has 0 bridgehead atoms. The zero-order valence-electron chi connectivity index (χ0n) is 7.46. The number of hydrogen-bond donors (Lipinski definition) is 6. The van der Waals surface area contributed by atoms with E-state index in [0.717, 1.165) is 0 Å². The van der Waals surface area contributed by atoms with E-state index in [2.05, 4.69) is 10.7 Å². The lowest BCUT2D eigenvalue weighted by Crippen LogP contribution is -2.19. The zero-order valence-corrected chi connectivity index (χ0v) is 9.25. The van der Waals surface area contributed by atoms with Gasteiger partial charge in [-0.1, -0.05) is 0 Å². The lowest BCUT2D eigenvalue weighted by atomic mass is 10.7. The fourth-order valence-corrected chi connectivity index (χ4v) is 2.04.